The normalized spacial score (nSPS) is 12.5. The van der Waals surface area contributed by atoms with E-state index in [0.29, 0.717) is 5.56 Å². The summed E-state index contributed by atoms with van der Waals surface area (Å²) in [5, 5.41) is -1.22. The predicted octanol–water partition coefficient (Wildman–Crippen LogP) is 3.74. The third kappa shape index (κ3) is 3.52. The second-order valence-corrected chi connectivity index (χ2v) is 7.31. The summed E-state index contributed by atoms with van der Waals surface area (Å²) in [6.45, 7) is 3.55. The van der Waals surface area contributed by atoms with Crippen molar-refractivity contribution in [3.8, 4) is 0 Å². The van der Waals surface area contributed by atoms with E-state index >= 15 is 0 Å². The standard InChI is InChI=1S/C18H18O3S/c1-14(2)13-17(19)18(15-9-5-3-6-10-15)22(20,21)16-11-7-4-8-12-16/h3-13,18H,1-2H3. The molecule has 2 aromatic rings. The van der Waals surface area contributed by atoms with Crippen LogP contribution in [0.2, 0.25) is 0 Å². The molecule has 0 heterocycles. The van der Waals surface area contributed by atoms with Gasteiger partial charge in [-0.05, 0) is 37.6 Å². The Morgan fingerprint density at radius 3 is 1.91 bits per heavy atom. The van der Waals surface area contributed by atoms with E-state index in [1.54, 1.807) is 62.4 Å². The minimum atomic E-state index is -3.79. The number of rotatable bonds is 5. The summed E-state index contributed by atoms with van der Waals surface area (Å²) in [5.74, 6) is -0.421. The Bertz CT molecular complexity index is 772. The second kappa shape index (κ2) is 6.71. The summed E-state index contributed by atoms with van der Waals surface area (Å²) in [4.78, 5) is 12.7. The summed E-state index contributed by atoms with van der Waals surface area (Å²) < 4.78 is 25.8. The van der Waals surface area contributed by atoms with Crippen molar-refractivity contribution in [2.24, 2.45) is 0 Å². The van der Waals surface area contributed by atoms with Gasteiger partial charge >= 0.3 is 0 Å². The van der Waals surface area contributed by atoms with Crippen molar-refractivity contribution >= 4 is 15.6 Å². The number of ketones is 1. The predicted molar refractivity (Wildman–Crippen MR) is 87.2 cm³/mol. The van der Waals surface area contributed by atoms with Gasteiger partial charge in [0.25, 0.3) is 0 Å². The lowest BCUT2D eigenvalue weighted by Gasteiger charge is -2.16. The highest BCUT2D eigenvalue weighted by atomic mass is 32.2. The number of allylic oxidation sites excluding steroid dienone is 2. The van der Waals surface area contributed by atoms with Gasteiger partial charge < -0.3 is 0 Å². The Kier molecular flexibility index (Phi) is 4.93. The van der Waals surface area contributed by atoms with Gasteiger partial charge in [0.15, 0.2) is 20.9 Å². The molecule has 0 saturated heterocycles. The zero-order valence-electron chi connectivity index (χ0n) is 12.6. The Balaban J connectivity index is 2.59. The topological polar surface area (TPSA) is 51.2 Å². The van der Waals surface area contributed by atoms with Crippen molar-refractivity contribution in [1.29, 1.82) is 0 Å². The number of carbonyl (C=O) groups excluding carboxylic acids is 1. The van der Waals surface area contributed by atoms with Gasteiger partial charge in [0, 0.05) is 0 Å². The maximum atomic E-state index is 12.9. The summed E-state index contributed by atoms with van der Waals surface area (Å²) in [7, 11) is -3.79. The van der Waals surface area contributed by atoms with E-state index in [9.17, 15) is 13.2 Å². The molecule has 3 nitrogen and oxygen atoms in total. The van der Waals surface area contributed by atoms with Gasteiger partial charge in [-0.15, -0.1) is 0 Å². The van der Waals surface area contributed by atoms with Crippen LogP contribution in [-0.4, -0.2) is 14.2 Å². The van der Waals surface area contributed by atoms with Crippen molar-refractivity contribution in [2.75, 3.05) is 0 Å². The quantitative estimate of drug-likeness (QED) is 0.790. The zero-order valence-corrected chi connectivity index (χ0v) is 13.4. The van der Waals surface area contributed by atoms with Crippen LogP contribution >= 0.6 is 0 Å². The van der Waals surface area contributed by atoms with Gasteiger partial charge in [-0.3, -0.25) is 4.79 Å². The molecule has 0 aromatic heterocycles. The van der Waals surface area contributed by atoms with E-state index in [0.717, 1.165) is 5.57 Å². The van der Waals surface area contributed by atoms with Crippen LogP contribution in [0, 0.1) is 0 Å². The summed E-state index contributed by atoms with van der Waals surface area (Å²) in [5.41, 5.74) is 1.25. The number of sulfone groups is 1. The van der Waals surface area contributed by atoms with Gasteiger partial charge in [-0.25, -0.2) is 8.42 Å². The van der Waals surface area contributed by atoms with Crippen LogP contribution in [0.1, 0.15) is 24.7 Å². The Hall–Kier alpha value is -2.20. The van der Waals surface area contributed by atoms with Gasteiger partial charge in [-0.2, -0.15) is 0 Å². The third-order valence-corrected chi connectivity index (χ3v) is 5.23. The van der Waals surface area contributed by atoms with Crippen LogP contribution in [-0.2, 0) is 14.6 Å². The summed E-state index contributed by atoms with van der Waals surface area (Å²) in [6, 6.07) is 16.7. The molecule has 1 unspecified atom stereocenters. The molecule has 2 rings (SSSR count). The van der Waals surface area contributed by atoms with Crippen molar-refractivity contribution in [1.82, 2.24) is 0 Å². The molecular formula is C18H18O3S. The Labute approximate surface area is 131 Å². The molecule has 0 saturated carbocycles. The van der Waals surface area contributed by atoms with Crippen LogP contribution in [0.5, 0.6) is 0 Å². The molecule has 114 valence electrons. The average molecular weight is 314 g/mol. The first-order valence-corrected chi connectivity index (χ1v) is 8.50. The third-order valence-electron chi connectivity index (χ3n) is 3.17. The SMILES string of the molecule is CC(C)=CC(=O)C(c1ccccc1)S(=O)(=O)c1ccccc1. The van der Waals surface area contributed by atoms with Crippen molar-refractivity contribution in [3.05, 3.63) is 77.9 Å². The Morgan fingerprint density at radius 1 is 0.909 bits per heavy atom. The van der Waals surface area contributed by atoms with Crippen LogP contribution in [0.4, 0.5) is 0 Å². The molecule has 0 spiro atoms. The molecule has 0 aliphatic carbocycles. The zero-order chi connectivity index (χ0) is 16.2. The lowest BCUT2D eigenvalue weighted by atomic mass is 10.1. The molecule has 0 amide bonds. The van der Waals surface area contributed by atoms with Gasteiger partial charge in [-0.1, -0.05) is 54.1 Å². The molecule has 22 heavy (non-hydrogen) atoms. The van der Waals surface area contributed by atoms with Crippen molar-refractivity contribution < 1.29 is 13.2 Å². The van der Waals surface area contributed by atoms with Crippen LogP contribution in [0.25, 0.3) is 0 Å². The average Bonchev–Trinajstić information content (AvgIpc) is 2.48. The highest BCUT2D eigenvalue weighted by Gasteiger charge is 2.34. The van der Waals surface area contributed by atoms with E-state index in [1.165, 1.54) is 18.2 Å². The maximum absolute atomic E-state index is 12.9. The largest absolute Gasteiger partial charge is 0.293 e. The molecule has 2 aromatic carbocycles. The van der Waals surface area contributed by atoms with Gasteiger partial charge in [0.1, 0.15) is 0 Å². The summed E-state index contributed by atoms with van der Waals surface area (Å²) >= 11 is 0. The Morgan fingerprint density at radius 2 is 1.41 bits per heavy atom. The monoisotopic (exact) mass is 314 g/mol. The summed E-state index contributed by atoms with van der Waals surface area (Å²) in [6.07, 6.45) is 1.39. The molecule has 1 atom stereocenters. The minimum absolute atomic E-state index is 0.152. The van der Waals surface area contributed by atoms with Crippen LogP contribution < -0.4 is 0 Å². The molecule has 0 N–H and O–H groups in total. The molecule has 0 bridgehead atoms. The number of hydrogen-bond acceptors (Lipinski definition) is 3. The van der Waals surface area contributed by atoms with E-state index < -0.39 is 20.9 Å². The van der Waals surface area contributed by atoms with E-state index in [2.05, 4.69) is 0 Å². The molecule has 0 fully saturated rings. The van der Waals surface area contributed by atoms with Gasteiger partial charge in [0.2, 0.25) is 0 Å². The molecule has 4 heteroatoms. The molecule has 0 aliphatic rings. The lowest BCUT2D eigenvalue weighted by Crippen LogP contribution is -2.21. The highest BCUT2D eigenvalue weighted by molar-refractivity contribution is 7.92. The lowest BCUT2D eigenvalue weighted by molar-refractivity contribution is -0.114. The first-order valence-electron chi connectivity index (χ1n) is 6.95. The van der Waals surface area contributed by atoms with Gasteiger partial charge in [0.05, 0.1) is 4.90 Å². The smallest absolute Gasteiger partial charge is 0.192 e. The minimum Gasteiger partial charge on any atom is -0.293 e. The number of hydrogen-bond donors (Lipinski definition) is 0. The molecular weight excluding hydrogens is 296 g/mol. The fraction of sp³-hybridized carbons (Fsp3) is 0.167. The highest BCUT2D eigenvalue weighted by Crippen LogP contribution is 2.30. The first-order chi connectivity index (χ1) is 10.4. The fourth-order valence-electron chi connectivity index (χ4n) is 2.23. The molecule has 0 radical (unpaired) electrons. The fourth-order valence-corrected chi connectivity index (χ4v) is 3.93. The van der Waals surface area contributed by atoms with Crippen molar-refractivity contribution in [3.63, 3.8) is 0 Å². The first kappa shape index (κ1) is 16.2. The van der Waals surface area contributed by atoms with Crippen molar-refractivity contribution in [2.45, 2.75) is 24.0 Å². The number of benzene rings is 2. The van der Waals surface area contributed by atoms with E-state index in [-0.39, 0.29) is 4.90 Å². The van der Waals surface area contributed by atoms with E-state index in [4.69, 9.17) is 0 Å². The number of carbonyl (C=O) groups is 1. The molecule has 0 aliphatic heterocycles. The van der Waals surface area contributed by atoms with Crippen LogP contribution in [0.3, 0.4) is 0 Å². The van der Waals surface area contributed by atoms with E-state index in [1.807, 2.05) is 0 Å². The van der Waals surface area contributed by atoms with Crippen LogP contribution in [0.15, 0.2) is 77.2 Å². The second-order valence-electron chi connectivity index (χ2n) is 5.27. The maximum Gasteiger partial charge on any atom is 0.192 e.